The molecule has 1 fully saturated rings. The van der Waals surface area contributed by atoms with Crippen LogP contribution in [0.2, 0.25) is 0 Å². The van der Waals surface area contributed by atoms with Crippen molar-refractivity contribution in [3.63, 3.8) is 0 Å². The summed E-state index contributed by atoms with van der Waals surface area (Å²) in [6, 6.07) is 0.512. The van der Waals surface area contributed by atoms with E-state index in [2.05, 4.69) is 4.99 Å². The first-order chi connectivity index (χ1) is 5.27. The molecule has 0 radical (unpaired) electrons. The van der Waals surface area contributed by atoms with Gasteiger partial charge in [-0.1, -0.05) is 0 Å². The number of nitrogens with one attached hydrogen (secondary N) is 1. The molecule has 0 saturated heterocycles. The Hall–Kier alpha value is -0.710. The van der Waals surface area contributed by atoms with E-state index in [1.165, 1.54) is 31.1 Å². The quantitative estimate of drug-likeness (QED) is 0.373. The summed E-state index contributed by atoms with van der Waals surface area (Å²) < 4.78 is 1.84. The summed E-state index contributed by atoms with van der Waals surface area (Å²) in [5.41, 5.74) is 5.48. The second-order valence-electron chi connectivity index (χ2n) is 2.37. The maximum Gasteiger partial charge on any atom is 0.174 e. The molecule has 0 aromatic heterocycles. The number of aliphatic imine (C=N–C) groups is 1. The van der Waals surface area contributed by atoms with Gasteiger partial charge in [0.1, 0.15) is 0 Å². The lowest BCUT2D eigenvalue weighted by atomic mass is 10.7. The van der Waals surface area contributed by atoms with Gasteiger partial charge in [0, 0.05) is 25.0 Å². The first-order valence-electron chi connectivity index (χ1n) is 3.47. The summed E-state index contributed by atoms with van der Waals surface area (Å²) >= 11 is 1.33. The Balaban J connectivity index is 2.36. The van der Waals surface area contributed by atoms with Crippen LogP contribution in [0.25, 0.3) is 0 Å². The van der Waals surface area contributed by atoms with Crippen LogP contribution in [-0.4, -0.2) is 28.9 Å². The molecule has 0 aliphatic heterocycles. The molecular formula is C6H12N4S. The molecule has 5 heteroatoms. The number of hydrogen-bond acceptors (Lipinski definition) is 3. The number of amidine groups is 1. The monoisotopic (exact) mass is 172 g/mol. The van der Waals surface area contributed by atoms with E-state index in [1.54, 1.807) is 7.05 Å². The van der Waals surface area contributed by atoms with Gasteiger partial charge in [0.15, 0.2) is 5.17 Å². The standard InChI is InChI=1S/C6H12N4S/c1-9-6(8)11-10(4-7)5-2-3-5/h4-5,7H,2-3H2,1H3,(H2,8,9). The van der Waals surface area contributed by atoms with Crippen LogP contribution in [0, 0.1) is 5.41 Å². The van der Waals surface area contributed by atoms with Crippen LogP contribution >= 0.6 is 11.9 Å². The number of nitrogens with zero attached hydrogens (tertiary/aromatic N) is 2. The average Bonchev–Trinajstić information content (AvgIpc) is 2.82. The summed E-state index contributed by atoms with van der Waals surface area (Å²) in [5, 5.41) is 7.58. The molecule has 0 atom stereocenters. The molecule has 62 valence electrons. The van der Waals surface area contributed by atoms with Gasteiger partial charge in [0.25, 0.3) is 0 Å². The zero-order valence-electron chi connectivity index (χ0n) is 6.45. The van der Waals surface area contributed by atoms with Gasteiger partial charge in [-0.2, -0.15) is 0 Å². The lowest BCUT2D eigenvalue weighted by molar-refractivity contribution is 0.683. The fourth-order valence-corrected chi connectivity index (χ4v) is 1.39. The van der Waals surface area contributed by atoms with Gasteiger partial charge in [0.2, 0.25) is 0 Å². The van der Waals surface area contributed by atoms with E-state index in [9.17, 15) is 0 Å². The van der Waals surface area contributed by atoms with Crippen molar-refractivity contribution in [2.75, 3.05) is 7.05 Å². The molecule has 1 saturated carbocycles. The summed E-state index contributed by atoms with van der Waals surface area (Å²) in [7, 11) is 1.65. The highest BCUT2D eigenvalue weighted by Gasteiger charge is 2.28. The van der Waals surface area contributed by atoms with E-state index in [0.29, 0.717) is 11.2 Å². The van der Waals surface area contributed by atoms with Crippen LogP contribution in [0.4, 0.5) is 0 Å². The summed E-state index contributed by atoms with van der Waals surface area (Å²) in [4.78, 5) is 3.80. The van der Waals surface area contributed by atoms with Crippen LogP contribution < -0.4 is 5.73 Å². The van der Waals surface area contributed by atoms with E-state index in [0.717, 1.165) is 0 Å². The predicted molar refractivity (Wildman–Crippen MR) is 48.8 cm³/mol. The second kappa shape index (κ2) is 3.61. The van der Waals surface area contributed by atoms with Crippen molar-refractivity contribution in [2.24, 2.45) is 10.7 Å². The number of hydrogen-bond donors (Lipinski definition) is 2. The van der Waals surface area contributed by atoms with E-state index < -0.39 is 0 Å². The van der Waals surface area contributed by atoms with Crippen molar-refractivity contribution in [3.8, 4) is 0 Å². The minimum Gasteiger partial charge on any atom is -0.377 e. The molecule has 0 amide bonds. The molecule has 1 aliphatic rings. The van der Waals surface area contributed by atoms with Gasteiger partial charge >= 0.3 is 0 Å². The van der Waals surface area contributed by atoms with E-state index >= 15 is 0 Å². The lowest BCUT2D eigenvalue weighted by Gasteiger charge is -2.14. The van der Waals surface area contributed by atoms with Crippen molar-refractivity contribution in [3.05, 3.63) is 0 Å². The molecule has 0 unspecified atom stereocenters. The Morgan fingerprint density at radius 3 is 2.82 bits per heavy atom. The van der Waals surface area contributed by atoms with Crippen molar-refractivity contribution in [1.82, 2.24) is 4.31 Å². The molecular weight excluding hydrogens is 160 g/mol. The Morgan fingerprint density at radius 1 is 1.82 bits per heavy atom. The maximum absolute atomic E-state index is 7.07. The second-order valence-corrected chi connectivity index (χ2v) is 3.40. The highest BCUT2D eigenvalue weighted by Crippen LogP contribution is 2.30. The Morgan fingerprint density at radius 2 is 2.45 bits per heavy atom. The summed E-state index contributed by atoms with van der Waals surface area (Å²) in [6.07, 6.45) is 3.64. The predicted octanol–water partition coefficient (Wildman–Crippen LogP) is 0.651. The summed E-state index contributed by atoms with van der Waals surface area (Å²) in [5.74, 6) is 0. The highest BCUT2D eigenvalue weighted by molar-refractivity contribution is 8.12. The van der Waals surface area contributed by atoms with Crippen LogP contribution in [-0.2, 0) is 0 Å². The van der Waals surface area contributed by atoms with E-state index in [-0.39, 0.29) is 0 Å². The number of rotatable bonds is 3. The Bertz CT molecular complexity index is 175. The van der Waals surface area contributed by atoms with Crippen LogP contribution in [0.1, 0.15) is 12.8 Å². The molecule has 4 nitrogen and oxygen atoms in total. The van der Waals surface area contributed by atoms with Gasteiger partial charge in [0.05, 0.1) is 6.34 Å². The SMILES string of the molecule is C/N=C(/N)SN(C=N)C1CC1. The third kappa shape index (κ3) is 2.42. The smallest absolute Gasteiger partial charge is 0.174 e. The maximum atomic E-state index is 7.07. The minimum absolute atomic E-state index is 0.512. The zero-order valence-corrected chi connectivity index (χ0v) is 7.27. The lowest BCUT2D eigenvalue weighted by Crippen LogP contribution is -2.21. The van der Waals surface area contributed by atoms with Crippen LogP contribution in [0.5, 0.6) is 0 Å². The van der Waals surface area contributed by atoms with Crippen molar-refractivity contribution >= 4 is 23.5 Å². The van der Waals surface area contributed by atoms with Gasteiger partial charge in [-0.25, -0.2) is 0 Å². The van der Waals surface area contributed by atoms with E-state index in [4.69, 9.17) is 11.1 Å². The van der Waals surface area contributed by atoms with Crippen molar-refractivity contribution in [1.29, 1.82) is 5.41 Å². The van der Waals surface area contributed by atoms with E-state index in [1.807, 2.05) is 4.31 Å². The Kier molecular flexibility index (Phi) is 2.76. The highest BCUT2D eigenvalue weighted by atomic mass is 32.2. The largest absolute Gasteiger partial charge is 0.377 e. The van der Waals surface area contributed by atoms with Crippen molar-refractivity contribution < 1.29 is 0 Å². The van der Waals surface area contributed by atoms with Gasteiger partial charge in [-0.05, 0) is 12.8 Å². The minimum atomic E-state index is 0.512. The fraction of sp³-hybridized carbons (Fsp3) is 0.667. The van der Waals surface area contributed by atoms with Crippen LogP contribution in [0.3, 0.4) is 0 Å². The first kappa shape index (κ1) is 8.39. The zero-order chi connectivity index (χ0) is 8.27. The number of nitrogens with two attached hydrogens (primary N) is 1. The third-order valence-electron chi connectivity index (χ3n) is 1.45. The summed E-state index contributed by atoms with van der Waals surface area (Å²) in [6.45, 7) is 0. The van der Waals surface area contributed by atoms with Crippen molar-refractivity contribution in [2.45, 2.75) is 18.9 Å². The topological polar surface area (TPSA) is 65.5 Å². The van der Waals surface area contributed by atoms with Gasteiger partial charge < -0.3 is 5.73 Å². The molecule has 3 N–H and O–H groups in total. The van der Waals surface area contributed by atoms with Gasteiger partial charge in [-0.15, -0.1) is 0 Å². The molecule has 0 heterocycles. The normalized spacial score (nSPS) is 18.1. The first-order valence-corrected chi connectivity index (χ1v) is 4.24. The fourth-order valence-electron chi connectivity index (χ4n) is 0.684. The molecule has 1 rings (SSSR count). The van der Waals surface area contributed by atoms with Crippen LogP contribution in [0.15, 0.2) is 4.99 Å². The molecule has 0 aromatic carbocycles. The molecule has 0 bridgehead atoms. The third-order valence-corrected chi connectivity index (χ3v) is 2.44. The molecule has 0 aromatic rings. The Labute approximate surface area is 70.5 Å². The molecule has 0 spiro atoms. The van der Waals surface area contributed by atoms with Gasteiger partial charge in [-0.3, -0.25) is 14.7 Å². The average molecular weight is 172 g/mol. The molecule has 11 heavy (non-hydrogen) atoms. The molecule has 1 aliphatic carbocycles.